The number of nitrogens with one attached hydrogen (secondary N) is 2. The van der Waals surface area contributed by atoms with E-state index in [1.807, 2.05) is 12.1 Å². The second-order valence-corrected chi connectivity index (χ2v) is 12.4. The molecule has 3 heterocycles. The topological polar surface area (TPSA) is 104 Å². The van der Waals surface area contributed by atoms with Crippen LogP contribution in [0, 0.1) is 5.92 Å². The van der Waals surface area contributed by atoms with E-state index in [9.17, 15) is 13.2 Å². The van der Waals surface area contributed by atoms with Crippen LogP contribution in [0.1, 0.15) is 49.3 Å². The van der Waals surface area contributed by atoms with Crippen molar-refractivity contribution in [1.82, 2.24) is 19.6 Å². The van der Waals surface area contributed by atoms with Crippen LogP contribution in [0.5, 0.6) is 0 Å². The Kier molecular flexibility index (Phi) is 7.47. The summed E-state index contributed by atoms with van der Waals surface area (Å²) in [6.45, 7) is 5.98. The van der Waals surface area contributed by atoms with Crippen LogP contribution in [0.2, 0.25) is 0 Å². The van der Waals surface area contributed by atoms with E-state index in [-0.39, 0.29) is 16.7 Å². The molecule has 1 aliphatic heterocycles. The normalized spacial score (nSPS) is 18.3. The van der Waals surface area contributed by atoms with Crippen LogP contribution in [0.25, 0.3) is 16.4 Å². The van der Waals surface area contributed by atoms with E-state index in [1.54, 1.807) is 30.3 Å². The van der Waals surface area contributed by atoms with Crippen LogP contribution in [0.4, 0.5) is 5.13 Å². The maximum Gasteiger partial charge on any atom is 0.243 e. The summed E-state index contributed by atoms with van der Waals surface area (Å²) in [5, 5.41) is 6.70. The number of pyridine rings is 1. The van der Waals surface area contributed by atoms with Gasteiger partial charge in [-0.3, -0.25) is 4.79 Å². The highest BCUT2D eigenvalue weighted by atomic mass is 32.2. The summed E-state index contributed by atoms with van der Waals surface area (Å²) >= 11 is 1.34. The number of fused-ring (bicyclic) bond motifs is 1. The molecule has 2 fully saturated rings. The van der Waals surface area contributed by atoms with Gasteiger partial charge in [-0.1, -0.05) is 55.7 Å². The zero-order valence-corrected chi connectivity index (χ0v) is 21.8. The fraction of sp³-hybridized carbons (Fsp3) is 0.423. The first-order valence-corrected chi connectivity index (χ1v) is 14.7. The maximum atomic E-state index is 13.5. The quantitative estimate of drug-likeness (QED) is 0.456. The Balaban J connectivity index is 1.38. The van der Waals surface area contributed by atoms with Gasteiger partial charge in [0, 0.05) is 26.2 Å². The van der Waals surface area contributed by atoms with E-state index in [0.29, 0.717) is 37.2 Å². The van der Waals surface area contributed by atoms with Crippen molar-refractivity contribution in [2.24, 2.45) is 5.92 Å². The molecule has 2 aliphatic rings. The van der Waals surface area contributed by atoms with Crippen molar-refractivity contribution in [3.63, 3.8) is 0 Å². The molecule has 1 atom stereocenters. The van der Waals surface area contributed by atoms with Gasteiger partial charge in [-0.2, -0.15) is 4.31 Å². The standard InChI is InChI=1S/C26H31N5O3S2/c1-2-20-9-12-23-25(28-20)35-26(29-23)30-24(32)22(17-18-5-3-4-6-18)19-7-10-21(11-8-19)36(33,34)31-15-13-27-14-16-31/h2,7-12,18,22,27H,1,3-6,13-17H2,(H,29,30,32). The summed E-state index contributed by atoms with van der Waals surface area (Å²) in [5.74, 6) is -0.0208. The molecule has 1 amide bonds. The van der Waals surface area contributed by atoms with Crippen LogP contribution in [-0.2, 0) is 14.8 Å². The minimum absolute atomic E-state index is 0.123. The zero-order chi connectivity index (χ0) is 25.1. The smallest absolute Gasteiger partial charge is 0.243 e. The monoisotopic (exact) mass is 525 g/mol. The summed E-state index contributed by atoms with van der Waals surface area (Å²) < 4.78 is 27.6. The lowest BCUT2D eigenvalue weighted by Gasteiger charge is -2.27. The van der Waals surface area contributed by atoms with Crippen LogP contribution in [0.15, 0.2) is 47.9 Å². The third-order valence-corrected chi connectivity index (χ3v) is 9.87. The van der Waals surface area contributed by atoms with E-state index >= 15 is 0 Å². The molecular formula is C26H31N5O3S2. The number of amides is 1. The molecule has 2 N–H and O–H groups in total. The lowest BCUT2D eigenvalue weighted by Crippen LogP contribution is -2.46. The summed E-state index contributed by atoms with van der Waals surface area (Å²) in [4.78, 5) is 23.6. The second-order valence-electron chi connectivity index (χ2n) is 9.43. The molecular weight excluding hydrogens is 494 g/mol. The highest BCUT2D eigenvalue weighted by Gasteiger charge is 2.29. The molecule has 1 aliphatic carbocycles. The Morgan fingerprint density at radius 3 is 2.56 bits per heavy atom. The summed E-state index contributed by atoms with van der Waals surface area (Å²) in [6.07, 6.45) is 7.04. The van der Waals surface area contributed by atoms with Crippen molar-refractivity contribution < 1.29 is 13.2 Å². The van der Waals surface area contributed by atoms with Gasteiger partial charge in [-0.05, 0) is 48.2 Å². The highest BCUT2D eigenvalue weighted by Crippen LogP contribution is 2.36. The number of nitrogens with zero attached hydrogens (tertiary/aromatic N) is 3. The molecule has 1 saturated heterocycles. The van der Waals surface area contributed by atoms with E-state index in [2.05, 4.69) is 27.2 Å². The molecule has 0 radical (unpaired) electrons. The van der Waals surface area contributed by atoms with Gasteiger partial charge in [0.1, 0.15) is 10.3 Å². The number of aromatic nitrogens is 2. The Morgan fingerprint density at radius 1 is 1.14 bits per heavy atom. The molecule has 190 valence electrons. The Bertz CT molecular complexity index is 1340. The highest BCUT2D eigenvalue weighted by molar-refractivity contribution is 7.89. The van der Waals surface area contributed by atoms with Crippen molar-refractivity contribution in [2.45, 2.75) is 42.9 Å². The van der Waals surface area contributed by atoms with Crippen molar-refractivity contribution in [3.8, 4) is 0 Å². The number of carbonyl (C=O) groups is 1. The van der Waals surface area contributed by atoms with Gasteiger partial charge in [-0.25, -0.2) is 18.4 Å². The Labute approximate surface area is 215 Å². The Morgan fingerprint density at radius 2 is 1.86 bits per heavy atom. The molecule has 2 aromatic heterocycles. The molecule has 1 aromatic carbocycles. The number of hydrogen-bond acceptors (Lipinski definition) is 7. The largest absolute Gasteiger partial charge is 0.314 e. The average molecular weight is 526 g/mol. The molecule has 0 spiro atoms. The number of piperazine rings is 1. The SMILES string of the molecule is C=Cc1ccc2nc(NC(=O)C(CC3CCCC3)c3ccc(S(=O)(=O)N4CCNCC4)cc3)sc2n1. The number of anilines is 1. The fourth-order valence-electron chi connectivity index (χ4n) is 5.07. The van der Waals surface area contributed by atoms with Crippen molar-refractivity contribution in [3.05, 3.63) is 54.2 Å². The van der Waals surface area contributed by atoms with Gasteiger partial charge in [-0.15, -0.1) is 0 Å². The number of hydrogen-bond donors (Lipinski definition) is 2. The van der Waals surface area contributed by atoms with Gasteiger partial charge in [0.05, 0.1) is 16.5 Å². The first-order chi connectivity index (χ1) is 17.4. The van der Waals surface area contributed by atoms with E-state index in [4.69, 9.17) is 0 Å². The molecule has 36 heavy (non-hydrogen) atoms. The predicted molar refractivity (Wildman–Crippen MR) is 144 cm³/mol. The molecule has 1 unspecified atom stereocenters. The van der Waals surface area contributed by atoms with Gasteiger partial charge >= 0.3 is 0 Å². The number of sulfonamides is 1. The number of thiazole rings is 1. The number of rotatable bonds is 8. The Hall–Kier alpha value is -2.66. The lowest BCUT2D eigenvalue weighted by molar-refractivity contribution is -0.118. The molecule has 3 aromatic rings. The van der Waals surface area contributed by atoms with Gasteiger partial charge in [0.15, 0.2) is 5.13 Å². The van der Waals surface area contributed by atoms with Crippen LogP contribution in [0.3, 0.4) is 0 Å². The molecule has 5 rings (SSSR count). The van der Waals surface area contributed by atoms with Gasteiger partial charge in [0.2, 0.25) is 15.9 Å². The van der Waals surface area contributed by atoms with Crippen LogP contribution >= 0.6 is 11.3 Å². The molecule has 1 saturated carbocycles. The third kappa shape index (κ3) is 5.36. The minimum atomic E-state index is -3.55. The summed E-state index contributed by atoms with van der Waals surface area (Å²) in [7, 11) is -3.55. The van der Waals surface area contributed by atoms with Crippen LogP contribution < -0.4 is 10.6 Å². The zero-order valence-electron chi connectivity index (χ0n) is 20.2. The number of carbonyl (C=O) groups excluding carboxylic acids is 1. The number of benzene rings is 1. The summed E-state index contributed by atoms with van der Waals surface area (Å²) in [6, 6.07) is 10.6. The average Bonchev–Trinajstić information content (AvgIpc) is 3.56. The van der Waals surface area contributed by atoms with E-state index in [1.165, 1.54) is 28.5 Å². The maximum absolute atomic E-state index is 13.5. The molecule has 10 heteroatoms. The second kappa shape index (κ2) is 10.8. The predicted octanol–water partition coefficient (Wildman–Crippen LogP) is 4.23. The molecule has 8 nitrogen and oxygen atoms in total. The van der Waals surface area contributed by atoms with Crippen molar-refractivity contribution in [1.29, 1.82) is 0 Å². The van der Waals surface area contributed by atoms with Gasteiger partial charge < -0.3 is 10.6 Å². The lowest BCUT2D eigenvalue weighted by atomic mass is 9.87. The van der Waals surface area contributed by atoms with E-state index < -0.39 is 10.0 Å². The van der Waals surface area contributed by atoms with Crippen molar-refractivity contribution >= 4 is 48.8 Å². The first kappa shape index (κ1) is 25.0. The van der Waals surface area contributed by atoms with Crippen LogP contribution in [-0.4, -0.2) is 54.8 Å². The van der Waals surface area contributed by atoms with Gasteiger partial charge in [0.25, 0.3) is 0 Å². The third-order valence-electron chi connectivity index (χ3n) is 7.07. The van der Waals surface area contributed by atoms with E-state index in [0.717, 1.165) is 40.9 Å². The minimum Gasteiger partial charge on any atom is -0.314 e. The van der Waals surface area contributed by atoms with Crippen molar-refractivity contribution in [2.75, 3.05) is 31.5 Å². The molecule has 0 bridgehead atoms. The summed E-state index contributed by atoms with van der Waals surface area (Å²) in [5.41, 5.74) is 2.32. The first-order valence-electron chi connectivity index (χ1n) is 12.5. The fourth-order valence-corrected chi connectivity index (χ4v) is 7.36.